The standard InChI is InChI=1S/C13H6ClNOS/c14-13-15-9-5-8-7-3-1-2-4-11(7)17-12(8)6-10(9)16-13/h1-6H. The van der Waals surface area contributed by atoms with Crippen molar-refractivity contribution in [2.45, 2.75) is 0 Å². The normalized spacial score (nSPS) is 11.8. The van der Waals surface area contributed by atoms with Gasteiger partial charge < -0.3 is 4.42 Å². The van der Waals surface area contributed by atoms with E-state index < -0.39 is 0 Å². The molecule has 0 amide bonds. The van der Waals surface area contributed by atoms with Crippen molar-refractivity contribution in [1.29, 1.82) is 0 Å². The first kappa shape index (κ1) is 9.45. The Hall–Kier alpha value is -1.58. The van der Waals surface area contributed by atoms with Crippen LogP contribution in [-0.4, -0.2) is 4.98 Å². The van der Waals surface area contributed by atoms with E-state index in [9.17, 15) is 0 Å². The van der Waals surface area contributed by atoms with E-state index in [0.717, 1.165) is 11.1 Å². The van der Waals surface area contributed by atoms with Gasteiger partial charge in [-0.05, 0) is 23.7 Å². The van der Waals surface area contributed by atoms with Crippen LogP contribution in [0.5, 0.6) is 0 Å². The summed E-state index contributed by atoms with van der Waals surface area (Å²) >= 11 is 7.52. The highest BCUT2D eigenvalue weighted by Gasteiger charge is 2.09. The molecule has 2 aromatic heterocycles. The largest absolute Gasteiger partial charge is 0.428 e. The minimum absolute atomic E-state index is 0.196. The number of hydrogen-bond donors (Lipinski definition) is 0. The number of fused-ring (bicyclic) bond motifs is 4. The summed E-state index contributed by atoms with van der Waals surface area (Å²) in [5.41, 5.74) is 1.56. The predicted octanol–water partition coefficient (Wildman–Crippen LogP) is 4.85. The van der Waals surface area contributed by atoms with Gasteiger partial charge in [-0.25, -0.2) is 0 Å². The van der Waals surface area contributed by atoms with Gasteiger partial charge in [-0.2, -0.15) is 4.98 Å². The molecule has 0 atom stereocenters. The van der Waals surface area contributed by atoms with Crippen LogP contribution in [0.25, 0.3) is 31.3 Å². The molecule has 4 aromatic rings. The van der Waals surface area contributed by atoms with E-state index in [1.165, 1.54) is 20.2 Å². The third kappa shape index (κ3) is 1.30. The van der Waals surface area contributed by atoms with E-state index in [1.54, 1.807) is 11.3 Å². The first-order chi connectivity index (χ1) is 8.31. The topological polar surface area (TPSA) is 26.0 Å². The lowest BCUT2D eigenvalue weighted by molar-refractivity contribution is 0.605. The van der Waals surface area contributed by atoms with Crippen LogP contribution in [0.15, 0.2) is 40.8 Å². The average molecular weight is 260 g/mol. The SMILES string of the molecule is Clc1nc2cc3c(cc2o1)sc1ccccc13. The molecule has 0 aliphatic rings. The van der Waals surface area contributed by atoms with Gasteiger partial charge in [-0.3, -0.25) is 0 Å². The maximum Gasteiger partial charge on any atom is 0.293 e. The van der Waals surface area contributed by atoms with Crippen LogP contribution in [0.1, 0.15) is 0 Å². The molecule has 82 valence electrons. The fourth-order valence-corrected chi connectivity index (χ4v) is 3.41. The molecule has 2 aromatic carbocycles. The number of thiophene rings is 1. The summed E-state index contributed by atoms with van der Waals surface area (Å²) in [6.07, 6.45) is 0. The molecule has 4 rings (SSSR count). The Labute approximate surface area is 105 Å². The number of halogens is 1. The van der Waals surface area contributed by atoms with Crippen molar-refractivity contribution >= 4 is 54.2 Å². The van der Waals surface area contributed by atoms with Crippen molar-refractivity contribution in [3.8, 4) is 0 Å². The van der Waals surface area contributed by atoms with Gasteiger partial charge in [-0.15, -0.1) is 11.3 Å². The summed E-state index contributed by atoms with van der Waals surface area (Å²) in [5, 5.41) is 2.67. The van der Waals surface area contributed by atoms with Crippen LogP contribution in [0.4, 0.5) is 0 Å². The highest BCUT2D eigenvalue weighted by Crippen LogP contribution is 2.36. The van der Waals surface area contributed by atoms with E-state index in [1.807, 2.05) is 12.1 Å². The van der Waals surface area contributed by atoms with Crippen molar-refractivity contribution in [2.75, 3.05) is 0 Å². The fourth-order valence-electron chi connectivity index (χ4n) is 2.12. The number of benzene rings is 2. The third-order valence-electron chi connectivity index (χ3n) is 2.86. The lowest BCUT2D eigenvalue weighted by Gasteiger charge is -1.90. The lowest BCUT2D eigenvalue weighted by atomic mass is 10.1. The summed E-state index contributed by atoms with van der Waals surface area (Å²) in [6.45, 7) is 0. The first-order valence-corrected chi connectivity index (χ1v) is 6.38. The molecule has 0 unspecified atom stereocenters. The fraction of sp³-hybridized carbons (Fsp3) is 0. The Kier molecular flexibility index (Phi) is 1.79. The van der Waals surface area contributed by atoms with Crippen molar-refractivity contribution in [1.82, 2.24) is 4.98 Å². The molecule has 0 aliphatic carbocycles. The minimum atomic E-state index is 0.196. The summed E-state index contributed by atoms with van der Waals surface area (Å²) in [7, 11) is 0. The number of hydrogen-bond acceptors (Lipinski definition) is 3. The molecule has 0 saturated carbocycles. The van der Waals surface area contributed by atoms with E-state index in [-0.39, 0.29) is 5.35 Å². The number of oxazole rings is 1. The smallest absolute Gasteiger partial charge is 0.293 e. The van der Waals surface area contributed by atoms with E-state index in [2.05, 4.69) is 29.2 Å². The average Bonchev–Trinajstić information content (AvgIpc) is 2.84. The Morgan fingerprint density at radius 1 is 1.06 bits per heavy atom. The van der Waals surface area contributed by atoms with Crippen LogP contribution in [0, 0.1) is 0 Å². The molecule has 0 spiro atoms. The van der Waals surface area contributed by atoms with Crippen molar-refractivity contribution in [2.24, 2.45) is 0 Å². The van der Waals surface area contributed by atoms with E-state index in [4.69, 9.17) is 16.0 Å². The van der Waals surface area contributed by atoms with Gasteiger partial charge in [-0.1, -0.05) is 18.2 Å². The molecule has 17 heavy (non-hydrogen) atoms. The maximum atomic E-state index is 5.76. The Bertz CT molecular complexity index is 862. The minimum Gasteiger partial charge on any atom is -0.428 e. The van der Waals surface area contributed by atoms with Crippen molar-refractivity contribution < 1.29 is 4.42 Å². The zero-order valence-electron chi connectivity index (χ0n) is 8.61. The van der Waals surface area contributed by atoms with Gasteiger partial charge in [0.05, 0.1) is 0 Å². The zero-order valence-corrected chi connectivity index (χ0v) is 10.2. The molecule has 0 aliphatic heterocycles. The summed E-state index contributed by atoms with van der Waals surface area (Å²) < 4.78 is 7.81. The summed E-state index contributed by atoms with van der Waals surface area (Å²) in [6, 6.07) is 12.4. The molecule has 2 nitrogen and oxygen atoms in total. The molecule has 0 saturated heterocycles. The van der Waals surface area contributed by atoms with Crippen LogP contribution < -0.4 is 0 Å². The molecule has 0 N–H and O–H groups in total. The number of rotatable bonds is 0. The zero-order chi connectivity index (χ0) is 11.4. The van der Waals surface area contributed by atoms with Gasteiger partial charge in [0.1, 0.15) is 5.52 Å². The van der Waals surface area contributed by atoms with E-state index in [0.29, 0.717) is 0 Å². The molecule has 0 bridgehead atoms. The second-order valence-corrected chi connectivity index (χ2v) is 5.29. The second kappa shape index (κ2) is 3.22. The molecule has 4 heteroatoms. The molecule has 0 radical (unpaired) electrons. The number of aromatic nitrogens is 1. The van der Waals surface area contributed by atoms with Gasteiger partial charge in [0.25, 0.3) is 5.35 Å². The van der Waals surface area contributed by atoms with Crippen LogP contribution in [-0.2, 0) is 0 Å². The van der Waals surface area contributed by atoms with Gasteiger partial charge in [0, 0.05) is 26.2 Å². The molecule has 0 fully saturated rings. The number of nitrogens with zero attached hydrogens (tertiary/aromatic N) is 1. The summed E-state index contributed by atoms with van der Waals surface area (Å²) in [5.74, 6) is 0. The highest BCUT2D eigenvalue weighted by molar-refractivity contribution is 7.25. The Morgan fingerprint density at radius 3 is 2.88 bits per heavy atom. The van der Waals surface area contributed by atoms with Crippen molar-refractivity contribution in [3.63, 3.8) is 0 Å². The highest BCUT2D eigenvalue weighted by atomic mass is 35.5. The van der Waals surface area contributed by atoms with Crippen molar-refractivity contribution in [3.05, 3.63) is 41.7 Å². The monoisotopic (exact) mass is 259 g/mol. The Morgan fingerprint density at radius 2 is 1.94 bits per heavy atom. The van der Waals surface area contributed by atoms with Gasteiger partial charge in [0.2, 0.25) is 0 Å². The molecular formula is C13H6ClNOS. The molecular weight excluding hydrogens is 254 g/mol. The third-order valence-corrected chi connectivity index (χ3v) is 4.16. The van der Waals surface area contributed by atoms with Gasteiger partial charge in [0.15, 0.2) is 5.58 Å². The first-order valence-electron chi connectivity index (χ1n) is 5.18. The van der Waals surface area contributed by atoms with Crippen LogP contribution in [0.3, 0.4) is 0 Å². The lowest BCUT2D eigenvalue weighted by Crippen LogP contribution is -1.68. The quantitative estimate of drug-likeness (QED) is 0.451. The summed E-state index contributed by atoms with van der Waals surface area (Å²) in [4.78, 5) is 4.15. The second-order valence-electron chi connectivity index (χ2n) is 3.88. The molecule has 2 heterocycles. The maximum absolute atomic E-state index is 5.76. The van der Waals surface area contributed by atoms with E-state index >= 15 is 0 Å². The van der Waals surface area contributed by atoms with Crippen LogP contribution >= 0.6 is 22.9 Å². The van der Waals surface area contributed by atoms with Crippen LogP contribution in [0.2, 0.25) is 5.35 Å². The Balaban J connectivity index is 2.26. The predicted molar refractivity (Wildman–Crippen MR) is 71.9 cm³/mol. The van der Waals surface area contributed by atoms with Gasteiger partial charge >= 0.3 is 0 Å².